The quantitative estimate of drug-likeness (QED) is 0.775. The average Bonchev–Trinajstić information content (AvgIpc) is 3.13. The van der Waals surface area contributed by atoms with E-state index in [0.29, 0.717) is 37.1 Å². The lowest BCUT2D eigenvalue weighted by atomic mass is 9.94. The van der Waals surface area contributed by atoms with Gasteiger partial charge in [-0.1, -0.05) is 17.7 Å². The van der Waals surface area contributed by atoms with Gasteiger partial charge in [0.1, 0.15) is 6.61 Å². The molecule has 0 N–H and O–H groups in total. The van der Waals surface area contributed by atoms with E-state index in [1.54, 1.807) is 16.4 Å². The van der Waals surface area contributed by atoms with Gasteiger partial charge in [0.05, 0.1) is 11.4 Å². The number of ether oxygens (including phenoxy) is 1. The van der Waals surface area contributed by atoms with Crippen molar-refractivity contribution in [2.75, 3.05) is 26.2 Å². The molecule has 28 heavy (non-hydrogen) atoms. The van der Waals surface area contributed by atoms with Gasteiger partial charge in [0.15, 0.2) is 0 Å². The maximum Gasteiger partial charge on any atom is 0.414 e. The summed E-state index contributed by atoms with van der Waals surface area (Å²) in [6.07, 6.45) is 5.02. The Morgan fingerprint density at radius 2 is 1.89 bits per heavy atom. The van der Waals surface area contributed by atoms with Crippen LogP contribution in [0.25, 0.3) is 0 Å². The third-order valence-electron chi connectivity index (χ3n) is 6.82. The SMILES string of the molecule is Cc1ccc(S(=O)(=O)N2CC3CC3(C(=C3CCCC3)N3CCOC3=O)C2)cc1. The molecule has 0 radical (unpaired) electrons. The molecule has 0 bridgehead atoms. The van der Waals surface area contributed by atoms with Crippen LogP contribution in [0.2, 0.25) is 0 Å². The van der Waals surface area contributed by atoms with Crippen LogP contribution in [0, 0.1) is 18.3 Å². The first-order valence-corrected chi connectivity index (χ1v) is 11.6. The Morgan fingerprint density at radius 3 is 2.54 bits per heavy atom. The van der Waals surface area contributed by atoms with Gasteiger partial charge in [0.25, 0.3) is 0 Å². The van der Waals surface area contributed by atoms with Gasteiger partial charge in [-0.05, 0) is 62.7 Å². The molecule has 6 nitrogen and oxygen atoms in total. The highest BCUT2D eigenvalue weighted by Crippen LogP contribution is 2.65. The molecule has 2 aliphatic carbocycles. The molecule has 150 valence electrons. The predicted octanol–water partition coefficient (Wildman–Crippen LogP) is 3.29. The Labute approximate surface area is 166 Å². The van der Waals surface area contributed by atoms with Crippen molar-refractivity contribution in [1.29, 1.82) is 0 Å². The summed E-state index contributed by atoms with van der Waals surface area (Å²) in [5, 5.41) is 0. The molecule has 1 aromatic rings. The molecule has 0 aromatic heterocycles. The molecule has 0 spiro atoms. The number of nitrogens with zero attached hydrogens (tertiary/aromatic N) is 2. The van der Waals surface area contributed by atoms with Crippen LogP contribution in [-0.2, 0) is 14.8 Å². The summed E-state index contributed by atoms with van der Waals surface area (Å²) in [5.74, 6) is 0.296. The monoisotopic (exact) mass is 402 g/mol. The number of hydrogen-bond donors (Lipinski definition) is 0. The third-order valence-corrected chi connectivity index (χ3v) is 8.64. The number of amides is 1. The summed E-state index contributed by atoms with van der Waals surface area (Å²) in [6, 6.07) is 7.06. The molecule has 2 saturated carbocycles. The first-order chi connectivity index (χ1) is 13.4. The van der Waals surface area contributed by atoms with Crippen molar-refractivity contribution in [2.45, 2.75) is 43.9 Å². The van der Waals surface area contributed by atoms with Gasteiger partial charge in [-0.3, -0.25) is 4.90 Å². The maximum absolute atomic E-state index is 13.2. The maximum atomic E-state index is 13.2. The van der Waals surface area contributed by atoms with Gasteiger partial charge in [0.2, 0.25) is 10.0 Å². The molecule has 1 aromatic carbocycles. The minimum absolute atomic E-state index is 0.208. The zero-order chi connectivity index (χ0) is 19.5. The second-order valence-corrected chi connectivity index (χ2v) is 10.5. The number of aryl methyl sites for hydroxylation is 1. The lowest BCUT2D eigenvalue weighted by molar-refractivity contribution is 0.161. The summed E-state index contributed by atoms with van der Waals surface area (Å²) in [7, 11) is -3.51. The van der Waals surface area contributed by atoms with Gasteiger partial charge in [0, 0.05) is 24.2 Å². The minimum atomic E-state index is -3.51. The average molecular weight is 403 g/mol. The topological polar surface area (TPSA) is 66.9 Å². The van der Waals surface area contributed by atoms with Crippen molar-refractivity contribution in [2.24, 2.45) is 11.3 Å². The van der Waals surface area contributed by atoms with Crippen LogP contribution in [-0.4, -0.2) is 50.0 Å². The molecular formula is C21H26N2O4S. The van der Waals surface area contributed by atoms with Gasteiger partial charge >= 0.3 is 6.09 Å². The van der Waals surface area contributed by atoms with E-state index in [9.17, 15) is 13.2 Å². The van der Waals surface area contributed by atoms with Crippen molar-refractivity contribution >= 4 is 16.1 Å². The molecule has 4 aliphatic rings. The highest BCUT2D eigenvalue weighted by Gasteiger charge is 2.66. The Kier molecular flexibility index (Phi) is 4.11. The van der Waals surface area contributed by atoms with Gasteiger partial charge < -0.3 is 4.74 Å². The molecule has 2 atom stereocenters. The highest BCUT2D eigenvalue weighted by atomic mass is 32.2. The van der Waals surface area contributed by atoms with Crippen LogP contribution in [0.4, 0.5) is 4.79 Å². The standard InChI is InChI=1S/C21H26N2O4S/c1-15-6-8-18(9-7-15)28(25,26)22-13-17-12-21(17,14-22)19(16-4-2-3-5-16)23-10-11-27-20(23)24/h6-9,17H,2-5,10-14H2,1H3. The number of benzene rings is 1. The Balaban J connectivity index is 1.47. The second-order valence-electron chi connectivity index (χ2n) is 8.59. The van der Waals surface area contributed by atoms with Crippen LogP contribution in [0.1, 0.15) is 37.7 Å². The van der Waals surface area contributed by atoms with E-state index in [0.717, 1.165) is 43.4 Å². The van der Waals surface area contributed by atoms with Crippen LogP contribution in [0.15, 0.2) is 40.4 Å². The van der Waals surface area contributed by atoms with E-state index in [1.165, 1.54) is 5.57 Å². The van der Waals surface area contributed by atoms with E-state index >= 15 is 0 Å². The Bertz CT molecular complexity index is 945. The number of rotatable bonds is 4. The lowest BCUT2D eigenvalue weighted by Crippen LogP contribution is -2.36. The van der Waals surface area contributed by atoms with Crippen molar-refractivity contribution in [1.82, 2.24) is 9.21 Å². The molecule has 2 heterocycles. The van der Waals surface area contributed by atoms with Gasteiger partial charge in [-0.25, -0.2) is 13.2 Å². The molecule has 5 rings (SSSR count). The number of carbonyl (C=O) groups is 1. The summed E-state index contributed by atoms with van der Waals surface area (Å²) < 4.78 is 33.2. The molecule has 2 aliphatic heterocycles. The highest BCUT2D eigenvalue weighted by molar-refractivity contribution is 7.89. The molecule has 2 saturated heterocycles. The molecule has 4 fully saturated rings. The summed E-state index contributed by atoms with van der Waals surface area (Å²) in [5.41, 5.74) is 3.27. The van der Waals surface area contributed by atoms with Crippen molar-refractivity contribution < 1.29 is 17.9 Å². The zero-order valence-electron chi connectivity index (χ0n) is 16.2. The van der Waals surface area contributed by atoms with E-state index in [1.807, 2.05) is 24.0 Å². The molecule has 7 heteroatoms. The minimum Gasteiger partial charge on any atom is -0.447 e. The molecular weight excluding hydrogens is 376 g/mol. The second kappa shape index (κ2) is 6.32. The van der Waals surface area contributed by atoms with Gasteiger partial charge in [-0.15, -0.1) is 0 Å². The lowest BCUT2D eigenvalue weighted by Gasteiger charge is -2.29. The van der Waals surface area contributed by atoms with E-state index < -0.39 is 10.0 Å². The molecule has 1 amide bonds. The third kappa shape index (κ3) is 2.70. The number of allylic oxidation sites excluding steroid dienone is 1. The summed E-state index contributed by atoms with van der Waals surface area (Å²) in [4.78, 5) is 14.5. The number of piperidine rings is 1. The van der Waals surface area contributed by atoms with E-state index in [4.69, 9.17) is 4.74 Å². The van der Waals surface area contributed by atoms with Crippen LogP contribution >= 0.6 is 0 Å². The predicted molar refractivity (Wildman–Crippen MR) is 104 cm³/mol. The zero-order valence-corrected chi connectivity index (χ0v) is 17.0. The summed E-state index contributed by atoms with van der Waals surface area (Å²) in [6.45, 7) is 3.95. The number of cyclic esters (lactones) is 1. The fourth-order valence-electron chi connectivity index (χ4n) is 5.29. The largest absolute Gasteiger partial charge is 0.447 e. The number of hydrogen-bond acceptors (Lipinski definition) is 4. The van der Waals surface area contributed by atoms with Crippen LogP contribution in [0.3, 0.4) is 0 Å². The van der Waals surface area contributed by atoms with Crippen LogP contribution < -0.4 is 0 Å². The van der Waals surface area contributed by atoms with Gasteiger partial charge in [-0.2, -0.15) is 4.31 Å². The van der Waals surface area contributed by atoms with E-state index in [-0.39, 0.29) is 11.5 Å². The Hall–Kier alpha value is -1.86. The van der Waals surface area contributed by atoms with E-state index in [2.05, 4.69) is 0 Å². The first-order valence-electron chi connectivity index (χ1n) is 10.2. The summed E-state index contributed by atoms with van der Waals surface area (Å²) >= 11 is 0. The number of sulfonamides is 1. The van der Waals surface area contributed by atoms with Crippen molar-refractivity contribution in [3.8, 4) is 0 Å². The number of fused-ring (bicyclic) bond motifs is 1. The normalized spacial score (nSPS) is 29.9. The first kappa shape index (κ1) is 18.2. The Morgan fingerprint density at radius 1 is 1.18 bits per heavy atom. The fourth-order valence-corrected chi connectivity index (χ4v) is 6.85. The smallest absolute Gasteiger partial charge is 0.414 e. The van der Waals surface area contributed by atoms with Crippen molar-refractivity contribution in [3.05, 3.63) is 41.1 Å². The van der Waals surface area contributed by atoms with Crippen molar-refractivity contribution in [3.63, 3.8) is 0 Å². The fraction of sp³-hybridized carbons (Fsp3) is 0.571. The number of carbonyl (C=O) groups excluding carboxylic acids is 1. The molecule has 2 unspecified atom stereocenters. The van der Waals surface area contributed by atoms with Crippen LogP contribution in [0.5, 0.6) is 0 Å².